The number of anilines is 2. The molecule has 4 aromatic rings. The molecular formula is C26H32F2N8. The smallest absolute Gasteiger partial charge is 0.229 e. The Hall–Kier alpha value is -3.50. The lowest BCUT2D eigenvalue weighted by Gasteiger charge is -2.32. The Morgan fingerprint density at radius 3 is 2.47 bits per heavy atom. The van der Waals surface area contributed by atoms with Gasteiger partial charge in [-0.3, -0.25) is 4.90 Å². The molecule has 1 aliphatic heterocycles. The molecule has 190 valence electrons. The Balaban J connectivity index is 0.00000320. The van der Waals surface area contributed by atoms with Crippen molar-refractivity contribution in [3.63, 3.8) is 0 Å². The summed E-state index contributed by atoms with van der Waals surface area (Å²) in [5, 5.41) is 3.03. The maximum absolute atomic E-state index is 14.9. The van der Waals surface area contributed by atoms with E-state index in [4.69, 9.17) is 0 Å². The van der Waals surface area contributed by atoms with Crippen LogP contribution < -0.4 is 5.32 Å². The molecule has 1 fully saturated rings. The number of aromatic nitrogens is 5. The Morgan fingerprint density at radius 1 is 1.00 bits per heavy atom. The number of piperazine rings is 1. The standard InChI is InChI=1S/C26H30F2N8.H2/c1-16(2)36-17(3)31-25-20(27)11-19(12-22(25)36)24-21(28)14-30-26(33-24)32-23-6-5-18(13-29-23)15-35-9-7-34(4)8-10-35;/h5-6,11-14,16H,7-10,15H2,1-4H3,(H,29,30,32,33);1H. The topological polar surface area (TPSA) is 75.0 Å². The third-order valence-corrected chi connectivity index (χ3v) is 6.53. The summed E-state index contributed by atoms with van der Waals surface area (Å²) >= 11 is 0. The normalized spacial score (nSPS) is 15.2. The number of pyridine rings is 1. The Kier molecular flexibility index (Phi) is 6.63. The summed E-state index contributed by atoms with van der Waals surface area (Å²) in [6.45, 7) is 10.9. The first-order valence-corrected chi connectivity index (χ1v) is 12.1. The van der Waals surface area contributed by atoms with E-state index >= 15 is 0 Å². The van der Waals surface area contributed by atoms with Gasteiger partial charge in [0.05, 0.1) is 11.7 Å². The molecule has 36 heavy (non-hydrogen) atoms. The minimum Gasteiger partial charge on any atom is -0.326 e. The Morgan fingerprint density at radius 2 is 1.78 bits per heavy atom. The zero-order valence-electron chi connectivity index (χ0n) is 21.0. The molecule has 0 radical (unpaired) electrons. The molecule has 5 rings (SSSR count). The number of hydrogen-bond acceptors (Lipinski definition) is 7. The molecule has 1 N–H and O–H groups in total. The van der Waals surface area contributed by atoms with Crippen LogP contribution in [-0.4, -0.2) is 67.5 Å². The molecule has 1 aliphatic rings. The van der Waals surface area contributed by atoms with E-state index in [0.29, 0.717) is 22.7 Å². The summed E-state index contributed by atoms with van der Waals surface area (Å²) in [7, 11) is 2.14. The van der Waals surface area contributed by atoms with Crippen molar-refractivity contribution in [3.05, 3.63) is 59.7 Å². The fraction of sp³-hybridized carbons (Fsp3) is 0.385. The van der Waals surface area contributed by atoms with Crippen LogP contribution in [0.4, 0.5) is 20.5 Å². The van der Waals surface area contributed by atoms with Crippen LogP contribution in [0, 0.1) is 18.6 Å². The number of imidazole rings is 1. The number of likely N-dealkylation sites (N-methyl/N-ethyl adjacent to an activating group) is 1. The number of hydrogen-bond donors (Lipinski definition) is 1. The van der Waals surface area contributed by atoms with Crippen LogP contribution in [0.5, 0.6) is 0 Å². The van der Waals surface area contributed by atoms with Crippen molar-refractivity contribution < 1.29 is 10.2 Å². The highest BCUT2D eigenvalue weighted by molar-refractivity contribution is 5.83. The van der Waals surface area contributed by atoms with Gasteiger partial charge in [0.15, 0.2) is 11.6 Å². The number of rotatable bonds is 6. The van der Waals surface area contributed by atoms with Crippen molar-refractivity contribution in [2.45, 2.75) is 33.4 Å². The number of fused-ring (bicyclic) bond motifs is 1. The molecule has 0 spiro atoms. The third kappa shape index (κ3) is 4.91. The molecule has 0 bridgehead atoms. The van der Waals surface area contributed by atoms with Gasteiger partial charge in [-0.2, -0.15) is 0 Å². The summed E-state index contributed by atoms with van der Waals surface area (Å²) in [4.78, 5) is 22.0. The highest BCUT2D eigenvalue weighted by Gasteiger charge is 2.19. The molecule has 1 saturated heterocycles. The maximum atomic E-state index is 14.9. The maximum Gasteiger partial charge on any atom is 0.229 e. The molecule has 0 amide bonds. The second kappa shape index (κ2) is 9.87. The summed E-state index contributed by atoms with van der Waals surface area (Å²) in [5.74, 6) is 0.269. The van der Waals surface area contributed by atoms with E-state index < -0.39 is 11.6 Å². The first kappa shape index (κ1) is 24.2. The van der Waals surface area contributed by atoms with E-state index in [1.807, 2.05) is 43.7 Å². The van der Waals surface area contributed by atoms with Crippen LogP contribution in [0.1, 0.15) is 32.7 Å². The highest BCUT2D eigenvalue weighted by Crippen LogP contribution is 2.30. The first-order valence-electron chi connectivity index (χ1n) is 12.1. The van der Waals surface area contributed by atoms with Crippen molar-refractivity contribution in [1.82, 2.24) is 34.3 Å². The van der Waals surface area contributed by atoms with Crippen molar-refractivity contribution in [1.29, 1.82) is 0 Å². The van der Waals surface area contributed by atoms with E-state index in [0.717, 1.165) is 44.5 Å². The Labute approximate surface area is 210 Å². The van der Waals surface area contributed by atoms with E-state index in [2.05, 4.69) is 42.1 Å². The van der Waals surface area contributed by atoms with Crippen LogP contribution in [0.25, 0.3) is 22.3 Å². The van der Waals surface area contributed by atoms with E-state index in [9.17, 15) is 8.78 Å². The van der Waals surface area contributed by atoms with Crippen LogP contribution in [0.2, 0.25) is 0 Å². The van der Waals surface area contributed by atoms with Crippen molar-refractivity contribution in [2.75, 3.05) is 38.5 Å². The molecule has 0 atom stereocenters. The number of nitrogens with zero attached hydrogens (tertiary/aromatic N) is 7. The fourth-order valence-electron chi connectivity index (χ4n) is 4.66. The molecule has 1 aromatic carbocycles. The molecule has 3 aromatic heterocycles. The summed E-state index contributed by atoms with van der Waals surface area (Å²) in [5.41, 5.74) is 2.31. The van der Waals surface area contributed by atoms with Crippen LogP contribution in [0.15, 0.2) is 36.7 Å². The van der Waals surface area contributed by atoms with Gasteiger partial charge < -0.3 is 14.8 Å². The first-order chi connectivity index (χ1) is 17.3. The predicted octanol–water partition coefficient (Wildman–Crippen LogP) is 4.79. The molecule has 0 aliphatic carbocycles. The summed E-state index contributed by atoms with van der Waals surface area (Å²) in [6, 6.07) is 6.92. The third-order valence-electron chi connectivity index (χ3n) is 6.53. The predicted molar refractivity (Wildman–Crippen MR) is 138 cm³/mol. The van der Waals surface area contributed by atoms with Gasteiger partial charge in [-0.1, -0.05) is 6.07 Å². The molecule has 10 heteroatoms. The van der Waals surface area contributed by atoms with Gasteiger partial charge in [0.25, 0.3) is 0 Å². The highest BCUT2D eigenvalue weighted by atomic mass is 19.1. The zero-order valence-corrected chi connectivity index (χ0v) is 21.0. The molecule has 8 nitrogen and oxygen atoms in total. The lowest BCUT2D eigenvalue weighted by molar-refractivity contribution is 0.148. The van der Waals surface area contributed by atoms with Crippen LogP contribution in [-0.2, 0) is 6.54 Å². The monoisotopic (exact) mass is 494 g/mol. The summed E-state index contributed by atoms with van der Waals surface area (Å²) in [6.07, 6.45) is 2.91. The van der Waals surface area contributed by atoms with E-state index in [1.165, 1.54) is 6.07 Å². The van der Waals surface area contributed by atoms with Gasteiger partial charge in [0.1, 0.15) is 22.9 Å². The second-order valence-corrected chi connectivity index (χ2v) is 9.59. The second-order valence-electron chi connectivity index (χ2n) is 9.59. The lowest BCUT2D eigenvalue weighted by Crippen LogP contribution is -2.43. The number of aryl methyl sites for hydroxylation is 1. The van der Waals surface area contributed by atoms with Gasteiger partial charge >= 0.3 is 0 Å². The largest absolute Gasteiger partial charge is 0.326 e. The number of halogens is 2. The van der Waals surface area contributed by atoms with Crippen molar-refractivity contribution in [3.8, 4) is 11.3 Å². The SMILES string of the molecule is Cc1nc2c(F)cc(-c3nc(Nc4ccc(CN5CCN(C)CC5)cn4)ncc3F)cc2n1C(C)C.[HH]. The zero-order chi connectivity index (χ0) is 25.4. The van der Waals surface area contributed by atoms with Gasteiger partial charge in [-0.15, -0.1) is 0 Å². The molecule has 4 heterocycles. The minimum absolute atomic E-state index is 0. The van der Waals surface area contributed by atoms with Crippen molar-refractivity contribution in [2.24, 2.45) is 0 Å². The Bertz CT molecular complexity index is 1380. The minimum atomic E-state index is -0.637. The molecule has 0 unspecified atom stereocenters. The van der Waals surface area contributed by atoms with Crippen LogP contribution >= 0.6 is 0 Å². The van der Waals surface area contributed by atoms with Crippen LogP contribution in [0.3, 0.4) is 0 Å². The van der Waals surface area contributed by atoms with Gasteiger partial charge in [0.2, 0.25) is 5.95 Å². The van der Waals surface area contributed by atoms with E-state index in [-0.39, 0.29) is 24.6 Å². The lowest BCUT2D eigenvalue weighted by atomic mass is 10.1. The average Bonchev–Trinajstić information content (AvgIpc) is 3.19. The van der Waals surface area contributed by atoms with E-state index in [1.54, 1.807) is 6.07 Å². The molecule has 0 saturated carbocycles. The number of benzene rings is 1. The molecular weight excluding hydrogens is 462 g/mol. The average molecular weight is 495 g/mol. The van der Waals surface area contributed by atoms with Gasteiger partial charge in [0, 0.05) is 52.0 Å². The quantitative estimate of drug-likeness (QED) is 0.413. The summed E-state index contributed by atoms with van der Waals surface area (Å²) < 4.78 is 31.6. The number of nitrogens with one attached hydrogen (secondary N) is 1. The fourth-order valence-corrected chi connectivity index (χ4v) is 4.66. The van der Waals surface area contributed by atoms with Gasteiger partial charge in [-0.05, 0) is 51.6 Å². The van der Waals surface area contributed by atoms with Gasteiger partial charge in [-0.25, -0.2) is 28.7 Å². The van der Waals surface area contributed by atoms with Crippen molar-refractivity contribution >= 4 is 22.8 Å².